The lowest BCUT2D eigenvalue weighted by Crippen LogP contribution is -2.22. The predicted molar refractivity (Wildman–Crippen MR) is 73.3 cm³/mol. The highest BCUT2D eigenvalue weighted by Crippen LogP contribution is 2.27. The van der Waals surface area contributed by atoms with Gasteiger partial charge in [0, 0.05) is 25.8 Å². The van der Waals surface area contributed by atoms with Crippen LogP contribution in [-0.4, -0.2) is 19.5 Å². The average molecular weight is 256 g/mol. The summed E-state index contributed by atoms with van der Waals surface area (Å²) in [7, 11) is 2.10. The van der Waals surface area contributed by atoms with E-state index in [1.807, 2.05) is 0 Å². The van der Waals surface area contributed by atoms with Crippen LogP contribution in [-0.2, 0) is 13.0 Å². The van der Waals surface area contributed by atoms with E-state index >= 15 is 0 Å². The van der Waals surface area contributed by atoms with Crippen LogP contribution in [0.15, 0.2) is 41.0 Å². The fraction of sp³-hybridized carbons (Fsp3) is 0.267. The minimum atomic E-state index is -0.178. The van der Waals surface area contributed by atoms with Crippen LogP contribution in [0.1, 0.15) is 21.7 Å². The first-order chi connectivity index (χ1) is 9.24. The summed E-state index contributed by atoms with van der Waals surface area (Å²) in [4.78, 5) is 14.0. The van der Waals surface area contributed by atoms with Crippen LogP contribution < -0.4 is 10.2 Å². The van der Waals surface area contributed by atoms with Gasteiger partial charge >= 0.3 is 0 Å². The molecule has 1 aliphatic heterocycles. The summed E-state index contributed by atoms with van der Waals surface area (Å²) in [6, 6.07) is 9.72. The van der Waals surface area contributed by atoms with Gasteiger partial charge in [-0.15, -0.1) is 0 Å². The van der Waals surface area contributed by atoms with Crippen molar-refractivity contribution >= 4 is 11.6 Å². The van der Waals surface area contributed by atoms with Gasteiger partial charge in [0.15, 0.2) is 5.76 Å². The Kier molecular flexibility index (Phi) is 2.99. The Morgan fingerprint density at radius 2 is 2.32 bits per heavy atom. The third-order valence-corrected chi connectivity index (χ3v) is 3.47. The topological polar surface area (TPSA) is 45.5 Å². The van der Waals surface area contributed by atoms with Gasteiger partial charge in [-0.3, -0.25) is 4.79 Å². The average Bonchev–Trinajstić information content (AvgIpc) is 3.06. The third-order valence-electron chi connectivity index (χ3n) is 3.47. The minimum absolute atomic E-state index is 0.178. The number of furan rings is 1. The quantitative estimate of drug-likeness (QED) is 0.915. The minimum Gasteiger partial charge on any atom is -0.459 e. The summed E-state index contributed by atoms with van der Waals surface area (Å²) >= 11 is 0. The molecule has 0 unspecified atom stereocenters. The smallest absolute Gasteiger partial charge is 0.287 e. The number of rotatable bonds is 3. The van der Waals surface area contributed by atoms with Crippen LogP contribution in [0.3, 0.4) is 0 Å². The van der Waals surface area contributed by atoms with Gasteiger partial charge in [-0.05, 0) is 35.7 Å². The standard InChI is InChI=1S/C15H16N2O2/c1-17-7-6-12-9-11(4-5-13(12)17)10-16-15(18)14-3-2-8-19-14/h2-5,8-9H,6-7,10H2,1H3,(H,16,18). The fourth-order valence-corrected chi connectivity index (χ4v) is 2.41. The molecule has 1 N–H and O–H groups in total. The molecule has 4 nitrogen and oxygen atoms in total. The van der Waals surface area contributed by atoms with E-state index in [4.69, 9.17) is 4.42 Å². The molecule has 1 amide bonds. The SMILES string of the molecule is CN1CCc2cc(CNC(=O)c3ccco3)ccc21. The Hall–Kier alpha value is -2.23. The Balaban J connectivity index is 1.66. The zero-order valence-corrected chi connectivity index (χ0v) is 10.8. The zero-order chi connectivity index (χ0) is 13.2. The molecular formula is C15H16N2O2. The number of carbonyl (C=O) groups excluding carboxylic acids is 1. The molecule has 0 saturated heterocycles. The highest BCUT2D eigenvalue weighted by Gasteiger charge is 2.15. The molecule has 4 heteroatoms. The summed E-state index contributed by atoms with van der Waals surface area (Å²) in [6.07, 6.45) is 2.58. The fourth-order valence-electron chi connectivity index (χ4n) is 2.41. The second-order valence-corrected chi connectivity index (χ2v) is 4.79. The van der Waals surface area contributed by atoms with Gasteiger partial charge in [-0.1, -0.05) is 12.1 Å². The number of hydrogen-bond donors (Lipinski definition) is 1. The first-order valence-electron chi connectivity index (χ1n) is 6.39. The summed E-state index contributed by atoms with van der Waals surface area (Å²) < 4.78 is 5.05. The van der Waals surface area contributed by atoms with Gasteiger partial charge in [0.05, 0.1) is 6.26 Å². The molecule has 1 aromatic carbocycles. The van der Waals surface area contributed by atoms with Crippen LogP contribution in [0.2, 0.25) is 0 Å². The number of carbonyl (C=O) groups is 1. The molecule has 1 aromatic heterocycles. The van der Waals surface area contributed by atoms with E-state index in [0.717, 1.165) is 18.5 Å². The van der Waals surface area contributed by atoms with Crippen molar-refractivity contribution in [3.8, 4) is 0 Å². The molecule has 2 heterocycles. The molecule has 2 aromatic rings. The molecule has 0 fully saturated rings. The Morgan fingerprint density at radius 3 is 3.11 bits per heavy atom. The molecule has 0 bridgehead atoms. The Labute approximate surface area is 112 Å². The molecule has 0 aliphatic carbocycles. The number of anilines is 1. The molecule has 0 spiro atoms. The van der Waals surface area contributed by atoms with Crippen molar-refractivity contribution < 1.29 is 9.21 Å². The summed E-state index contributed by atoms with van der Waals surface area (Å²) in [5, 5.41) is 2.86. The molecule has 0 saturated carbocycles. The van der Waals surface area contributed by atoms with Crippen molar-refractivity contribution in [2.75, 3.05) is 18.5 Å². The lowest BCUT2D eigenvalue weighted by Gasteiger charge is -2.12. The predicted octanol–water partition coefficient (Wildman–Crippen LogP) is 2.20. The highest BCUT2D eigenvalue weighted by molar-refractivity contribution is 5.91. The van der Waals surface area contributed by atoms with E-state index in [0.29, 0.717) is 12.3 Å². The van der Waals surface area contributed by atoms with Gasteiger partial charge in [-0.25, -0.2) is 0 Å². The molecule has 3 rings (SSSR count). The first-order valence-corrected chi connectivity index (χ1v) is 6.39. The molecule has 19 heavy (non-hydrogen) atoms. The Morgan fingerprint density at radius 1 is 1.42 bits per heavy atom. The maximum atomic E-state index is 11.8. The molecule has 0 atom stereocenters. The molecular weight excluding hydrogens is 240 g/mol. The van der Waals surface area contributed by atoms with Crippen LogP contribution in [0, 0.1) is 0 Å². The molecule has 1 aliphatic rings. The summed E-state index contributed by atoms with van der Waals surface area (Å²) in [5.41, 5.74) is 3.77. The first kappa shape index (κ1) is 11.8. The van der Waals surface area contributed by atoms with E-state index in [1.54, 1.807) is 12.1 Å². The molecule has 98 valence electrons. The van der Waals surface area contributed by atoms with E-state index in [2.05, 4.69) is 35.5 Å². The number of fused-ring (bicyclic) bond motifs is 1. The maximum Gasteiger partial charge on any atom is 0.287 e. The van der Waals surface area contributed by atoms with Gasteiger partial charge < -0.3 is 14.6 Å². The maximum absolute atomic E-state index is 11.8. The second kappa shape index (κ2) is 4.80. The van der Waals surface area contributed by atoms with Gasteiger partial charge in [0.2, 0.25) is 0 Å². The number of nitrogens with zero attached hydrogens (tertiary/aromatic N) is 1. The number of hydrogen-bond acceptors (Lipinski definition) is 3. The number of benzene rings is 1. The van der Waals surface area contributed by atoms with E-state index in [-0.39, 0.29) is 5.91 Å². The van der Waals surface area contributed by atoms with Crippen LogP contribution in [0.4, 0.5) is 5.69 Å². The van der Waals surface area contributed by atoms with Crippen LogP contribution >= 0.6 is 0 Å². The van der Waals surface area contributed by atoms with Crippen LogP contribution in [0.5, 0.6) is 0 Å². The Bertz CT molecular complexity index is 590. The second-order valence-electron chi connectivity index (χ2n) is 4.79. The number of amides is 1. The van der Waals surface area contributed by atoms with Crippen molar-refractivity contribution in [3.63, 3.8) is 0 Å². The largest absolute Gasteiger partial charge is 0.459 e. The lowest BCUT2D eigenvalue weighted by molar-refractivity contribution is 0.0923. The van der Waals surface area contributed by atoms with Crippen molar-refractivity contribution in [3.05, 3.63) is 53.5 Å². The van der Waals surface area contributed by atoms with Crippen LogP contribution in [0.25, 0.3) is 0 Å². The van der Waals surface area contributed by atoms with E-state index < -0.39 is 0 Å². The highest BCUT2D eigenvalue weighted by atomic mass is 16.3. The van der Waals surface area contributed by atoms with Crippen molar-refractivity contribution in [1.82, 2.24) is 5.32 Å². The molecule has 0 radical (unpaired) electrons. The number of nitrogens with one attached hydrogen (secondary N) is 1. The van der Waals surface area contributed by atoms with E-state index in [9.17, 15) is 4.79 Å². The zero-order valence-electron chi connectivity index (χ0n) is 10.8. The van der Waals surface area contributed by atoms with Crippen molar-refractivity contribution in [1.29, 1.82) is 0 Å². The monoisotopic (exact) mass is 256 g/mol. The van der Waals surface area contributed by atoms with Crippen molar-refractivity contribution in [2.45, 2.75) is 13.0 Å². The van der Waals surface area contributed by atoms with E-state index in [1.165, 1.54) is 17.5 Å². The van der Waals surface area contributed by atoms with Crippen molar-refractivity contribution in [2.24, 2.45) is 0 Å². The lowest BCUT2D eigenvalue weighted by atomic mass is 10.1. The normalized spacial score (nSPS) is 13.4. The number of likely N-dealkylation sites (N-methyl/N-ethyl adjacent to an activating group) is 1. The summed E-state index contributed by atoms with van der Waals surface area (Å²) in [6.45, 7) is 1.59. The third kappa shape index (κ3) is 2.34. The van der Waals surface area contributed by atoms with Gasteiger partial charge in [0.25, 0.3) is 5.91 Å². The summed E-state index contributed by atoms with van der Waals surface area (Å²) in [5.74, 6) is 0.170. The van der Waals surface area contributed by atoms with Gasteiger partial charge in [-0.2, -0.15) is 0 Å². The van der Waals surface area contributed by atoms with Gasteiger partial charge in [0.1, 0.15) is 0 Å².